The minimum Gasteiger partial charge on any atom is -0.493 e. The molecule has 0 aliphatic carbocycles. The summed E-state index contributed by atoms with van der Waals surface area (Å²) in [4.78, 5) is 0. The molecule has 0 aliphatic heterocycles. The standard InChI is InChI=1S/C25H29NO2/c1-20(2)16-17-27-24-14-8-6-12-22(24)18-26-23-13-7-9-15-25(23)28-19-21-10-4-3-5-11-21/h3-15,20,26H,16-19H2,1-2H3. The maximum Gasteiger partial charge on any atom is 0.142 e. The Morgan fingerprint density at radius 3 is 2.21 bits per heavy atom. The Bertz CT molecular complexity index is 846. The Balaban J connectivity index is 1.62. The lowest BCUT2D eigenvalue weighted by Gasteiger charge is -2.16. The van der Waals surface area contributed by atoms with E-state index in [0.717, 1.165) is 41.3 Å². The number of anilines is 1. The average Bonchev–Trinajstić information content (AvgIpc) is 2.72. The van der Waals surface area contributed by atoms with Crippen LogP contribution in [0, 0.1) is 5.92 Å². The largest absolute Gasteiger partial charge is 0.493 e. The van der Waals surface area contributed by atoms with E-state index in [-0.39, 0.29) is 0 Å². The Labute approximate surface area is 168 Å². The highest BCUT2D eigenvalue weighted by Crippen LogP contribution is 2.27. The monoisotopic (exact) mass is 375 g/mol. The molecular formula is C25H29NO2. The van der Waals surface area contributed by atoms with Crippen LogP contribution in [0.25, 0.3) is 0 Å². The van der Waals surface area contributed by atoms with Crippen molar-refractivity contribution in [2.75, 3.05) is 11.9 Å². The van der Waals surface area contributed by atoms with Gasteiger partial charge in [-0.2, -0.15) is 0 Å². The van der Waals surface area contributed by atoms with Gasteiger partial charge in [0.2, 0.25) is 0 Å². The molecule has 28 heavy (non-hydrogen) atoms. The summed E-state index contributed by atoms with van der Waals surface area (Å²) in [7, 11) is 0. The first-order chi connectivity index (χ1) is 13.7. The molecule has 0 amide bonds. The van der Waals surface area contributed by atoms with Crippen LogP contribution < -0.4 is 14.8 Å². The maximum atomic E-state index is 6.04. The molecule has 0 spiro atoms. The first-order valence-electron chi connectivity index (χ1n) is 9.92. The highest BCUT2D eigenvalue weighted by Gasteiger charge is 2.07. The van der Waals surface area contributed by atoms with Crippen LogP contribution in [0.15, 0.2) is 78.9 Å². The molecule has 0 heterocycles. The van der Waals surface area contributed by atoms with Gasteiger partial charge in [0.1, 0.15) is 18.1 Å². The molecule has 0 unspecified atom stereocenters. The van der Waals surface area contributed by atoms with Crippen molar-refractivity contribution in [1.82, 2.24) is 0 Å². The van der Waals surface area contributed by atoms with Gasteiger partial charge in [-0.25, -0.2) is 0 Å². The topological polar surface area (TPSA) is 30.5 Å². The molecular weight excluding hydrogens is 346 g/mol. The van der Waals surface area contributed by atoms with Crippen molar-refractivity contribution in [2.24, 2.45) is 5.92 Å². The van der Waals surface area contributed by atoms with E-state index < -0.39 is 0 Å². The van der Waals surface area contributed by atoms with Crippen LogP contribution >= 0.6 is 0 Å². The molecule has 0 radical (unpaired) electrons. The van der Waals surface area contributed by atoms with Gasteiger partial charge < -0.3 is 14.8 Å². The first-order valence-corrected chi connectivity index (χ1v) is 9.92. The number of para-hydroxylation sites is 3. The fraction of sp³-hybridized carbons (Fsp3) is 0.280. The Kier molecular flexibility index (Phi) is 7.36. The fourth-order valence-electron chi connectivity index (χ4n) is 2.86. The van der Waals surface area contributed by atoms with E-state index in [9.17, 15) is 0 Å². The molecule has 0 saturated heterocycles. The molecule has 3 rings (SSSR count). The van der Waals surface area contributed by atoms with Crippen molar-refractivity contribution in [1.29, 1.82) is 0 Å². The molecule has 146 valence electrons. The maximum absolute atomic E-state index is 6.04. The zero-order valence-corrected chi connectivity index (χ0v) is 16.7. The van der Waals surface area contributed by atoms with Gasteiger partial charge in [-0.15, -0.1) is 0 Å². The number of nitrogens with one attached hydrogen (secondary N) is 1. The van der Waals surface area contributed by atoms with Crippen LogP contribution in [-0.4, -0.2) is 6.61 Å². The summed E-state index contributed by atoms with van der Waals surface area (Å²) in [5.41, 5.74) is 3.28. The smallest absolute Gasteiger partial charge is 0.142 e. The van der Waals surface area contributed by atoms with Gasteiger partial charge >= 0.3 is 0 Å². The van der Waals surface area contributed by atoms with Gasteiger partial charge in [-0.1, -0.05) is 74.5 Å². The summed E-state index contributed by atoms with van der Waals surface area (Å²) in [6, 6.07) is 26.5. The van der Waals surface area contributed by atoms with Crippen molar-refractivity contribution < 1.29 is 9.47 Å². The number of rotatable bonds is 10. The van der Waals surface area contributed by atoms with E-state index in [1.165, 1.54) is 0 Å². The second-order valence-corrected chi connectivity index (χ2v) is 7.26. The molecule has 0 aromatic heterocycles. The summed E-state index contributed by atoms with van der Waals surface area (Å²) in [5.74, 6) is 2.43. The number of hydrogen-bond donors (Lipinski definition) is 1. The number of ether oxygens (including phenoxy) is 2. The van der Waals surface area contributed by atoms with Crippen molar-refractivity contribution in [2.45, 2.75) is 33.4 Å². The van der Waals surface area contributed by atoms with Crippen molar-refractivity contribution >= 4 is 5.69 Å². The van der Waals surface area contributed by atoms with Crippen LogP contribution in [0.3, 0.4) is 0 Å². The summed E-state index contributed by atoms with van der Waals surface area (Å²) in [5, 5.41) is 3.50. The average molecular weight is 376 g/mol. The quantitative estimate of drug-likeness (QED) is 0.451. The van der Waals surface area contributed by atoms with E-state index in [1.54, 1.807) is 0 Å². The van der Waals surface area contributed by atoms with E-state index >= 15 is 0 Å². The highest BCUT2D eigenvalue weighted by molar-refractivity contribution is 5.56. The molecule has 0 atom stereocenters. The van der Waals surface area contributed by atoms with Gasteiger partial charge in [-0.3, -0.25) is 0 Å². The normalized spacial score (nSPS) is 10.7. The second-order valence-electron chi connectivity index (χ2n) is 7.26. The lowest BCUT2D eigenvalue weighted by atomic mass is 10.1. The Morgan fingerprint density at radius 1 is 0.750 bits per heavy atom. The lowest BCUT2D eigenvalue weighted by molar-refractivity contribution is 0.287. The number of hydrogen-bond acceptors (Lipinski definition) is 3. The Hall–Kier alpha value is -2.94. The molecule has 0 saturated carbocycles. The van der Waals surface area contributed by atoms with Crippen LogP contribution in [-0.2, 0) is 13.2 Å². The van der Waals surface area contributed by atoms with Gasteiger partial charge in [0.05, 0.1) is 12.3 Å². The third-order valence-electron chi connectivity index (χ3n) is 4.52. The van der Waals surface area contributed by atoms with E-state index in [2.05, 4.69) is 37.4 Å². The third-order valence-corrected chi connectivity index (χ3v) is 4.52. The minimum atomic E-state index is 0.550. The predicted octanol–water partition coefficient (Wildman–Crippen LogP) is 6.30. The predicted molar refractivity (Wildman–Crippen MR) is 116 cm³/mol. The summed E-state index contributed by atoms with van der Waals surface area (Å²) in [6.45, 7) is 6.40. The van der Waals surface area contributed by atoms with Crippen LogP contribution in [0.2, 0.25) is 0 Å². The highest BCUT2D eigenvalue weighted by atomic mass is 16.5. The zero-order chi connectivity index (χ0) is 19.6. The molecule has 3 aromatic carbocycles. The molecule has 3 nitrogen and oxygen atoms in total. The Morgan fingerprint density at radius 2 is 1.43 bits per heavy atom. The molecule has 0 bridgehead atoms. The van der Waals surface area contributed by atoms with Gasteiger partial charge in [0, 0.05) is 12.1 Å². The first kappa shape index (κ1) is 19.8. The zero-order valence-electron chi connectivity index (χ0n) is 16.7. The molecule has 3 heteroatoms. The molecule has 1 N–H and O–H groups in total. The van der Waals surface area contributed by atoms with E-state index in [4.69, 9.17) is 9.47 Å². The SMILES string of the molecule is CC(C)CCOc1ccccc1CNc1ccccc1OCc1ccccc1. The van der Waals surface area contributed by atoms with E-state index in [1.807, 2.05) is 60.7 Å². The lowest BCUT2D eigenvalue weighted by Crippen LogP contribution is -2.07. The molecule has 0 aliphatic rings. The van der Waals surface area contributed by atoms with Gasteiger partial charge in [0.15, 0.2) is 0 Å². The van der Waals surface area contributed by atoms with Crippen molar-refractivity contribution in [3.63, 3.8) is 0 Å². The summed E-state index contributed by atoms with van der Waals surface area (Å²) >= 11 is 0. The summed E-state index contributed by atoms with van der Waals surface area (Å²) in [6.07, 6.45) is 1.05. The van der Waals surface area contributed by atoms with Crippen molar-refractivity contribution in [3.8, 4) is 11.5 Å². The molecule has 3 aromatic rings. The van der Waals surface area contributed by atoms with Crippen LogP contribution in [0.1, 0.15) is 31.4 Å². The van der Waals surface area contributed by atoms with E-state index in [0.29, 0.717) is 19.1 Å². The second kappa shape index (κ2) is 10.4. The van der Waals surface area contributed by atoms with Crippen LogP contribution in [0.4, 0.5) is 5.69 Å². The third kappa shape index (κ3) is 6.05. The molecule has 0 fully saturated rings. The van der Waals surface area contributed by atoms with Crippen LogP contribution in [0.5, 0.6) is 11.5 Å². The summed E-state index contributed by atoms with van der Waals surface area (Å²) < 4.78 is 12.0. The van der Waals surface area contributed by atoms with Gasteiger partial charge in [-0.05, 0) is 36.1 Å². The van der Waals surface area contributed by atoms with Crippen molar-refractivity contribution in [3.05, 3.63) is 90.0 Å². The number of benzene rings is 3. The minimum absolute atomic E-state index is 0.550. The van der Waals surface area contributed by atoms with Gasteiger partial charge in [0.25, 0.3) is 0 Å². The fourth-order valence-corrected chi connectivity index (χ4v) is 2.86.